The molecule has 0 spiro atoms. The van der Waals surface area contributed by atoms with Gasteiger partial charge < -0.3 is 10.3 Å². The minimum Gasteiger partial charge on any atom is -0.351 e. The van der Waals surface area contributed by atoms with Crippen molar-refractivity contribution in [2.45, 2.75) is 51.4 Å². The monoisotopic (exact) mass is 345 g/mol. The van der Waals surface area contributed by atoms with Gasteiger partial charge >= 0.3 is 0 Å². The molecule has 1 aliphatic carbocycles. The quantitative estimate of drug-likeness (QED) is 0.874. The van der Waals surface area contributed by atoms with E-state index in [2.05, 4.69) is 15.7 Å². The normalized spacial score (nSPS) is 15.4. The number of hydrogen-bond donors (Lipinski definition) is 2. The summed E-state index contributed by atoms with van der Waals surface area (Å²) in [5, 5.41) is 6.02. The van der Waals surface area contributed by atoms with E-state index >= 15 is 0 Å². The van der Waals surface area contributed by atoms with Crippen molar-refractivity contribution in [2.24, 2.45) is 0 Å². The number of H-pyrrole nitrogens is 1. The van der Waals surface area contributed by atoms with E-state index in [1.54, 1.807) is 30.4 Å². The van der Waals surface area contributed by atoms with Crippen LogP contribution in [0, 0.1) is 6.92 Å². The Balaban J connectivity index is 1.52. The van der Waals surface area contributed by atoms with E-state index in [1.807, 2.05) is 0 Å². The molecular formula is C18H23N3O2S. The Morgan fingerprint density at radius 2 is 2.12 bits per heavy atom. The van der Waals surface area contributed by atoms with Crippen molar-refractivity contribution in [3.63, 3.8) is 0 Å². The molecule has 0 saturated heterocycles. The number of aromatic amines is 1. The predicted molar refractivity (Wildman–Crippen MR) is 95.8 cm³/mol. The Hall–Kier alpha value is -1.95. The lowest BCUT2D eigenvalue weighted by atomic mass is 9.87. The molecule has 2 N–H and O–H groups in total. The van der Waals surface area contributed by atoms with Crippen molar-refractivity contribution in [3.8, 4) is 0 Å². The summed E-state index contributed by atoms with van der Waals surface area (Å²) >= 11 is 1.67. The van der Waals surface area contributed by atoms with Crippen molar-refractivity contribution in [1.29, 1.82) is 0 Å². The number of nitrogens with zero attached hydrogens (tertiary/aromatic N) is 1. The molecule has 128 valence electrons. The minimum absolute atomic E-state index is 0.155. The van der Waals surface area contributed by atoms with E-state index in [1.165, 1.54) is 37.8 Å². The van der Waals surface area contributed by atoms with Crippen molar-refractivity contribution < 1.29 is 4.79 Å². The van der Waals surface area contributed by atoms with E-state index in [0.717, 1.165) is 10.7 Å². The fraction of sp³-hybridized carbons (Fsp3) is 0.500. The van der Waals surface area contributed by atoms with Gasteiger partial charge in [0.2, 0.25) is 0 Å². The lowest BCUT2D eigenvalue weighted by molar-refractivity contribution is 0.0952. The maximum absolute atomic E-state index is 12.1. The van der Waals surface area contributed by atoms with Crippen molar-refractivity contribution in [1.82, 2.24) is 15.3 Å². The molecule has 2 heterocycles. The van der Waals surface area contributed by atoms with E-state index in [0.29, 0.717) is 18.9 Å². The number of pyridine rings is 1. The van der Waals surface area contributed by atoms with Gasteiger partial charge in [-0.15, -0.1) is 11.3 Å². The smallest absolute Gasteiger partial charge is 0.260 e. The fourth-order valence-corrected chi connectivity index (χ4v) is 4.03. The van der Waals surface area contributed by atoms with Crippen LogP contribution in [0.2, 0.25) is 0 Å². The van der Waals surface area contributed by atoms with E-state index in [4.69, 9.17) is 4.98 Å². The van der Waals surface area contributed by atoms with Gasteiger partial charge in [-0.3, -0.25) is 9.59 Å². The topological polar surface area (TPSA) is 74.8 Å². The Labute approximate surface area is 145 Å². The second kappa shape index (κ2) is 7.75. The molecule has 6 heteroatoms. The second-order valence-corrected chi connectivity index (χ2v) is 7.33. The lowest BCUT2D eigenvalue weighted by Gasteiger charge is -2.19. The molecule has 2 aromatic rings. The first kappa shape index (κ1) is 16.9. The highest BCUT2D eigenvalue weighted by molar-refractivity contribution is 7.09. The molecule has 2 aromatic heterocycles. The molecule has 24 heavy (non-hydrogen) atoms. The van der Waals surface area contributed by atoms with Gasteiger partial charge in [0, 0.05) is 30.0 Å². The number of nitrogens with one attached hydrogen (secondary N) is 2. The largest absolute Gasteiger partial charge is 0.351 e. The summed E-state index contributed by atoms with van der Waals surface area (Å²) in [7, 11) is 0. The molecule has 0 aromatic carbocycles. The van der Waals surface area contributed by atoms with Crippen molar-refractivity contribution >= 4 is 17.2 Å². The summed E-state index contributed by atoms with van der Waals surface area (Å²) in [6.07, 6.45) is 7.15. The van der Waals surface area contributed by atoms with Crippen LogP contribution in [0.15, 0.2) is 22.3 Å². The molecule has 1 amide bonds. The van der Waals surface area contributed by atoms with Crippen molar-refractivity contribution in [3.05, 3.63) is 49.8 Å². The zero-order valence-electron chi connectivity index (χ0n) is 13.9. The second-order valence-electron chi connectivity index (χ2n) is 6.39. The van der Waals surface area contributed by atoms with Gasteiger partial charge in [0.25, 0.3) is 11.5 Å². The minimum atomic E-state index is -0.346. The molecule has 0 bridgehead atoms. The van der Waals surface area contributed by atoms with Gasteiger partial charge in [-0.05, 0) is 31.9 Å². The first-order valence-corrected chi connectivity index (χ1v) is 9.44. The van der Waals surface area contributed by atoms with Crippen LogP contribution in [0.25, 0.3) is 0 Å². The van der Waals surface area contributed by atoms with Crippen LogP contribution in [-0.2, 0) is 6.42 Å². The van der Waals surface area contributed by atoms with E-state index < -0.39 is 0 Å². The summed E-state index contributed by atoms with van der Waals surface area (Å²) in [6.45, 7) is 2.28. The molecule has 3 rings (SSSR count). The summed E-state index contributed by atoms with van der Waals surface area (Å²) in [6, 6.07) is 3.29. The number of thiazole rings is 1. The number of rotatable bonds is 5. The van der Waals surface area contributed by atoms with Crippen LogP contribution in [0.1, 0.15) is 64.8 Å². The average Bonchev–Trinajstić information content (AvgIpc) is 3.04. The summed E-state index contributed by atoms with van der Waals surface area (Å²) in [5.41, 5.74) is 1.77. The number of hydrogen-bond acceptors (Lipinski definition) is 4. The zero-order valence-corrected chi connectivity index (χ0v) is 14.7. The molecule has 5 nitrogen and oxygen atoms in total. The average molecular weight is 345 g/mol. The van der Waals surface area contributed by atoms with E-state index in [-0.39, 0.29) is 17.0 Å². The standard InChI is InChI=1S/C18H23N3O2S/c1-12-7-8-14(18(23)20-12)17(22)19-10-9-16-21-15(11-24-16)13-5-3-2-4-6-13/h7-8,11,13H,2-6,9-10H2,1H3,(H,19,22)(H,20,23). The summed E-state index contributed by atoms with van der Waals surface area (Å²) < 4.78 is 0. The van der Waals surface area contributed by atoms with Crippen LogP contribution in [0.3, 0.4) is 0 Å². The summed E-state index contributed by atoms with van der Waals surface area (Å²) in [4.78, 5) is 31.2. The summed E-state index contributed by atoms with van der Waals surface area (Å²) in [5.74, 6) is 0.282. The Bertz CT molecular complexity index is 760. The highest BCUT2D eigenvalue weighted by Gasteiger charge is 2.18. The van der Waals surface area contributed by atoms with E-state index in [9.17, 15) is 9.59 Å². The molecule has 1 saturated carbocycles. The Morgan fingerprint density at radius 1 is 1.33 bits per heavy atom. The van der Waals surface area contributed by atoms with Gasteiger partial charge in [0.1, 0.15) is 5.56 Å². The van der Waals surface area contributed by atoms with Crippen LogP contribution in [0.5, 0.6) is 0 Å². The molecule has 0 aliphatic heterocycles. The fourth-order valence-electron chi connectivity index (χ4n) is 3.15. The highest BCUT2D eigenvalue weighted by Crippen LogP contribution is 2.33. The molecular weight excluding hydrogens is 322 g/mol. The maximum atomic E-state index is 12.1. The van der Waals surface area contributed by atoms with Gasteiger partial charge in [-0.2, -0.15) is 0 Å². The molecule has 0 atom stereocenters. The van der Waals surface area contributed by atoms with Crippen LogP contribution >= 0.6 is 11.3 Å². The van der Waals surface area contributed by atoms with Gasteiger partial charge in [-0.25, -0.2) is 4.98 Å². The van der Waals surface area contributed by atoms with Crippen LogP contribution < -0.4 is 10.9 Å². The highest BCUT2D eigenvalue weighted by atomic mass is 32.1. The predicted octanol–water partition coefficient (Wildman–Crippen LogP) is 3.16. The van der Waals surface area contributed by atoms with Crippen molar-refractivity contribution in [2.75, 3.05) is 6.54 Å². The molecule has 1 fully saturated rings. The van der Waals surface area contributed by atoms with Gasteiger partial charge in [0.15, 0.2) is 0 Å². The third-order valence-corrected chi connectivity index (χ3v) is 5.44. The Morgan fingerprint density at radius 3 is 2.88 bits per heavy atom. The first-order chi connectivity index (χ1) is 11.6. The first-order valence-electron chi connectivity index (χ1n) is 8.56. The third kappa shape index (κ3) is 4.12. The lowest BCUT2D eigenvalue weighted by Crippen LogP contribution is -2.31. The number of carbonyl (C=O) groups is 1. The number of carbonyl (C=O) groups excluding carboxylic acids is 1. The van der Waals surface area contributed by atoms with Gasteiger partial charge in [-0.1, -0.05) is 19.3 Å². The molecule has 0 unspecified atom stereocenters. The Kier molecular flexibility index (Phi) is 5.45. The third-order valence-electron chi connectivity index (χ3n) is 4.52. The van der Waals surface area contributed by atoms with Gasteiger partial charge in [0.05, 0.1) is 10.7 Å². The number of amides is 1. The number of aryl methyl sites for hydroxylation is 1. The molecule has 1 aliphatic rings. The SMILES string of the molecule is Cc1ccc(C(=O)NCCc2nc(C3CCCCC3)cs2)c(=O)[nH]1. The molecule has 0 radical (unpaired) electrons. The zero-order chi connectivity index (χ0) is 16.9. The number of aromatic nitrogens is 2. The van der Waals surface area contributed by atoms with Crippen LogP contribution in [0.4, 0.5) is 0 Å². The van der Waals surface area contributed by atoms with Crippen LogP contribution in [-0.4, -0.2) is 22.4 Å². The maximum Gasteiger partial charge on any atom is 0.260 e.